The minimum absolute atomic E-state index is 0.181. The van der Waals surface area contributed by atoms with Gasteiger partial charge in [0.1, 0.15) is 11.6 Å². The van der Waals surface area contributed by atoms with Crippen LogP contribution in [0.3, 0.4) is 0 Å². The highest BCUT2D eigenvalue weighted by molar-refractivity contribution is 5.97. The molecule has 1 aromatic heterocycles. The Morgan fingerprint density at radius 2 is 2.44 bits per heavy atom. The van der Waals surface area contributed by atoms with E-state index >= 15 is 0 Å². The van der Waals surface area contributed by atoms with Crippen LogP contribution >= 0.6 is 0 Å². The molecule has 8 heteroatoms. The molecule has 1 heterocycles. The number of aromatic nitrogens is 3. The van der Waals surface area contributed by atoms with E-state index in [9.17, 15) is 4.79 Å². The van der Waals surface area contributed by atoms with Gasteiger partial charge < -0.3 is 10.5 Å². The molecule has 0 aliphatic heterocycles. The zero-order valence-electron chi connectivity index (χ0n) is 9.57. The zero-order chi connectivity index (χ0) is 13.4. The summed E-state index contributed by atoms with van der Waals surface area (Å²) < 4.78 is 4.70. The van der Waals surface area contributed by atoms with Crippen molar-refractivity contribution in [3.8, 4) is 6.07 Å². The molecular formula is C10H10N6O2. The van der Waals surface area contributed by atoms with E-state index in [1.54, 1.807) is 13.0 Å². The number of rotatable bonds is 4. The summed E-state index contributed by atoms with van der Waals surface area (Å²) in [5, 5.41) is 19.5. The Bertz CT molecular complexity index is 531. The molecule has 0 amide bonds. The van der Waals surface area contributed by atoms with Crippen molar-refractivity contribution < 1.29 is 9.53 Å². The van der Waals surface area contributed by atoms with Crippen molar-refractivity contribution in [2.45, 2.75) is 6.92 Å². The van der Waals surface area contributed by atoms with Gasteiger partial charge in [-0.15, -0.1) is 10.2 Å². The predicted octanol–water partition coefficient (Wildman–Crippen LogP) is -0.0398. The highest BCUT2D eigenvalue weighted by Gasteiger charge is 2.10. The van der Waals surface area contributed by atoms with Gasteiger partial charge in [-0.3, -0.25) is 0 Å². The van der Waals surface area contributed by atoms with Gasteiger partial charge in [0.25, 0.3) is 0 Å². The smallest absolute Gasteiger partial charge is 0.348 e. The fraction of sp³-hybridized carbons (Fsp3) is 0.200. The van der Waals surface area contributed by atoms with E-state index in [-0.39, 0.29) is 23.7 Å². The van der Waals surface area contributed by atoms with Crippen LogP contribution in [0.5, 0.6) is 0 Å². The largest absolute Gasteiger partial charge is 0.462 e. The summed E-state index contributed by atoms with van der Waals surface area (Å²) >= 11 is 0. The molecule has 0 saturated carbocycles. The monoisotopic (exact) mass is 246 g/mol. The summed E-state index contributed by atoms with van der Waals surface area (Å²) in [6.45, 7) is 1.83. The standard InChI is InChI=1S/C10H10N6O2/c1-2-18-10(17)7(5-11)3-8-4-9(13-6-12)15-16-14-8/h3-4,6H,2H2,1H3,(H2,12,13,14,15). The third-order valence-electron chi connectivity index (χ3n) is 1.70. The van der Waals surface area contributed by atoms with E-state index in [1.165, 1.54) is 12.1 Å². The molecule has 0 aliphatic carbocycles. The fourth-order valence-electron chi connectivity index (χ4n) is 1.01. The van der Waals surface area contributed by atoms with Crippen LogP contribution in [-0.2, 0) is 9.53 Å². The quantitative estimate of drug-likeness (QED) is 0.259. The molecule has 1 rings (SSSR count). The Labute approximate surface area is 103 Å². The molecule has 8 nitrogen and oxygen atoms in total. The lowest BCUT2D eigenvalue weighted by Gasteiger charge is -1.99. The number of hydrogen-bond donors (Lipinski definition) is 1. The maximum atomic E-state index is 11.4. The van der Waals surface area contributed by atoms with E-state index in [1.807, 2.05) is 0 Å². The van der Waals surface area contributed by atoms with Crippen LogP contribution in [0.4, 0.5) is 5.82 Å². The first kappa shape index (κ1) is 13.2. The maximum Gasteiger partial charge on any atom is 0.348 e. The third kappa shape index (κ3) is 3.64. The van der Waals surface area contributed by atoms with Gasteiger partial charge in [0.2, 0.25) is 0 Å². The topological polar surface area (TPSA) is 127 Å². The number of carbonyl (C=O) groups excluding carboxylic acids is 1. The maximum absolute atomic E-state index is 11.4. The highest BCUT2D eigenvalue weighted by atomic mass is 16.5. The molecular weight excluding hydrogens is 236 g/mol. The van der Waals surface area contributed by atoms with Crippen LogP contribution in [0.15, 0.2) is 16.6 Å². The van der Waals surface area contributed by atoms with Gasteiger partial charge in [-0.2, -0.15) is 5.26 Å². The van der Waals surface area contributed by atoms with Crippen molar-refractivity contribution in [2.75, 3.05) is 6.61 Å². The van der Waals surface area contributed by atoms with Crippen molar-refractivity contribution >= 4 is 24.2 Å². The molecule has 0 radical (unpaired) electrons. The number of hydrogen-bond acceptors (Lipinski definition) is 7. The zero-order valence-corrected chi connectivity index (χ0v) is 9.57. The van der Waals surface area contributed by atoms with Gasteiger partial charge in [-0.1, -0.05) is 0 Å². The summed E-state index contributed by atoms with van der Waals surface area (Å²) in [6, 6.07) is 3.15. The number of carbonyl (C=O) groups is 1. The van der Waals surface area contributed by atoms with Gasteiger partial charge in [0.15, 0.2) is 5.82 Å². The normalized spacial score (nSPS) is 11.2. The molecule has 0 fully saturated rings. The molecule has 1 aromatic rings. The first-order valence-corrected chi connectivity index (χ1v) is 4.94. The predicted molar refractivity (Wildman–Crippen MR) is 62.4 cm³/mol. The summed E-state index contributed by atoms with van der Waals surface area (Å²) in [5.74, 6) is -0.498. The molecule has 0 aromatic carbocycles. The number of nitrogens with zero attached hydrogens (tertiary/aromatic N) is 5. The molecule has 18 heavy (non-hydrogen) atoms. The average Bonchev–Trinajstić information content (AvgIpc) is 2.37. The second-order valence-electron chi connectivity index (χ2n) is 2.89. The first-order valence-electron chi connectivity index (χ1n) is 4.94. The van der Waals surface area contributed by atoms with E-state index < -0.39 is 5.97 Å². The van der Waals surface area contributed by atoms with E-state index in [2.05, 4.69) is 20.4 Å². The van der Waals surface area contributed by atoms with Crippen LogP contribution in [0, 0.1) is 11.3 Å². The molecule has 92 valence electrons. The van der Waals surface area contributed by atoms with Gasteiger partial charge in [-0.25, -0.2) is 9.79 Å². The van der Waals surface area contributed by atoms with Crippen molar-refractivity contribution in [1.82, 2.24) is 15.4 Å². The van der Waals surface area contributed by atoms with Crippen LogP contribution < -0.4 is 5.73 Å². The number of aliphatic imine (C=N–C) groups is 1. The Hall–Kier alpha value is -2.82. The lowest BCUT2D eigenvalue weighted by molar-refractivity contribution is -0.137. The molecule has 0 aliphatic rings. The van der Waals surface area contributed by atoms with E-state index in [0.29, 0.717) is 0 Å². The number of ether oxygens (including phenoxy) is 1. The van der Waals surface area contributed by atoms with Crippen molar-refractivity contribution in [1.29, 1.82) is 5.26 Å². The molecule has 0 saturated heterocycles. The summed E-state index contributed by atoms with van der Waals surface area (Å²) in [4.78, 5) is 15.1. The minimum atomic E-state index is -0.720. The van der Waals surface area contributed by atoms with E-state index in [0.717, 1.165) is 6.34 Å². The van der Waals surface area contributed by atoms with Crippen molar-refractivity contribution in [3.63, 3.8) is 0 Å². The number of nitriles is 1. The molecule has 0 spiro atoms. The summed E-state index contributed by atoms with van der Waals surface area (Å²) in [7, 11) is 0. The Morgan fingerprint density at radius 3 is 3.06 bits per heavy atom. The van der Waals surface area contributed by atoms with Gasteiger partial charge in [0.05, 0.1) is 18.6 Å². The van der Waals surface area contributed by atoms with Crippen LogP contribution in [0.1, 0.15) is 12.6 Å². The molecule has 0 atom stereocenters. The van der Waals surface area contributed by atoms with Crippen LogP contribution in [0.2, 0.25) is 0 Å². The molecule has 0 bridgehead atoms. The van der Waals surface area contributed by atoms with Crippen molar-refractivity contribution in [3.05, 3.63) is 17.3 Å². The lowest BCUT2D eigenvalue weighted by Crippen LogP contribution is -2.06. The lowest BCUT2D eigenvalue weighted by atomic mass is 10.2. The number of esters is 1. The second kappa shape index (κ2) is 6.70. The second-order valence-corrected chi connectivity index (χ2v) is 2.89. The highest BCUT2D eigenvalue weighted by Crippen LogP contribution is 2.10. The van der Waals surface area contributed by atoms with E-state index in [4.69, 9.17) is 15.7 Å². The van der Waals surface area contributed by atoms with Crippen LogP contribution in [0.25, 0.3) is 6.08 Å². The SMILES string of the molecule is CCOC(=O)C(C#N)=Cc1cc(N=CN)nnn1. The Kier molecular flexibility index (Phi) is 4.93. The average molecular weight is 246 g/mol. The molecule has 2 N–H and O–H groups in total. The van der Waals surface area contributed by atoms with Crippen LogP contribution in [-0.4, -0.2) is 34.3 Å². The summed E-state index contributed by atoms with van der Waals surface area (Å²) in [5.41, 5.74) is 5.18. The molecule has 0 unspecified atom stereocenters. The Morgan fingerprint density at radius 1 is 1.67 bits per heavy atom. The minimum Gasteiger partial charge on any atom is -0.462 e. The van der Waals surface area contributed by atoms with Gasteiger partial charge >= 0.3 is 5.97 Å². The van der Waals surface area contributed by atoms with Gasteiger partial charge in [-0.05, 0) is 18.2 Å². The fourth-order valence-corrected chi connectivity index (χ4v) is 1.01. The Balaban J connectivity index is 3.03. The summed E-state index contributed by atoms with van der Waals surface area (Å²) in [6.07, 6.45) is 2.29. The van der Waals surface area contributed by atoms with Crippen molar-refractivity contribution in [2.24, 2.45) is 10.7 Å². The third-order valence-corrected chi connectivity index (χ3v) is 1.70. The first-order chi connectivity index (χ1) is 8.71. The van der Waals surface area contributed by atoms with Gasteiger partial charge in [0, 0.05) is 6.07 Å². The number of nitrogens with two attached hydrogens (primary N) is 1.